The van der Waals surface area contributed by atoms with Gasteiger partial charge in [-0.3, -0.25) is 0 Å². The minimum atomic E-state index is -0.833. The number of hydrogen-bond donors (Lipinski definition) is 2. The van der Waals surface area contributed by atoms with Crippen LogP contribution in [0.25, 0.3) is 0 Å². The Morgan fingerprint density at radius 2 is 2.06 bits per heavy atom. The lowest BCUT2D eigenvalue weighted by Gasteiger charge is -2.21. The molecule has 1 unspecified atom stereocenters. The van der Waals surface area contributed by atoms with Gasteiger partial charge in [0.1, 0.15) is 0 Å². The van der Waals surface area contributed by atoms with Crippen molar-refractivity contribution < 1.29 is 14.6 Å². The second-order valence-corrected chi connectivity index (χ2v) is 4.31. The number of ether oxygens (including phenoxy) is 1. The Labute approximate surface area is 104 Å². The molecule has 0 bridgehead atoms. The van der Waals surface area contributed by atoms with Crippen LogP contribution in [0.2, 0.25) is 0 Å². The van der Waals surface area contributed by atoms with Crippen molar-refractivity contribution >= 4 is 5.97 Å². The van der Waals surface area contributed by atoms with Crippen LogP contribution >= 0.6 is 0 Å². The third-order valence-electron chi connectivity index (χ3n) is 2.69. The quantitative estimate of drug-likeness (QED) is 0.609. The minimum Gasteiger partial charge on any atom is -0.478 e. The molecule has 0 aromatic carbocycles. The van der Waals surface area contributed by atoms with Gasteiger partial charge in [0.15, 0.2) is 0 Å². The maximum Gasteiger partial charge on any atom is 0.331 e. The summed E-state index contributed by atoms with van der Waals surface area (Å²) in [4.78, 5) is 10.8. The highest BCUT2D eigenvalue weighted by Crippen LogP contribution is 2.03. The molecule has 0 saturated heterocycles. The van der Waals surface area contributed by atoms with Crippen LogP contribution in [0, 0.1) is 5.92 Å². The number of carboxylic acid groups (broad SMARTS) is 1. The summed E-state index contributed by atoms with van der Waals surface area (Å²) < 4.78 is 5.39. The molecule has 0 rings (SSSR count). The van der Waals surface area contributed by atoms with E-state index in [4.69, 9.17) is 9.84 Å². The van der Waals surface area contributed by atoms with Crippen LogP contribution < -0.4 is 5.32 Å². The number of hydrogen-bond acceptors (Lipinski definition) is 3. The van der Waals surface area contributed by atoms with Gasteiger partial charge in [-0.25, -0.2) is 4.79 Å². The van der Waals surface area contributed by atoms with Crippen molar-refractivity contribution in [2.75, 3.05) is 19.8 Å². The highest BCUT2D eigenvalue weighted by Gasteiger charge is 2.12. The van der Waals surface area contributed by atoms with Crippen molar-refractivity contribution in [3.8, 4) is 0 Å². The lowest BCUT2D eigenvalue weighted by Crippen LogP contribution is -2.38. The zero-order chi connectivity index (χ0) is 13.3. The van der Waals surface area contributed by atoms with Gasteiger partial charge in [0.2, 0.25) is 0 Å². The monoisotopic (exact) mass is 243 g/mol. The molecule has 0 heterocycles. The summed E-state index contributed by atoms with van der Waals surface area (Å²) in [5.74, 6) is -0.370. The Morgan fingerprint density at radius 3 is 2.47 bits per heavy atom. The topological polar surface area (TPSA) is 58.6 Å². The molecule has 0 saturated carbocycles. The van der Waals surface area contributed by atoms with Crippen molar-refractivity contribution in [3.05, 3.63) is 11.6 Å². The zero-order valence-electron chi connectivity index (χ0n) is 11.3. The first kappa shape index (κ1) is 16.1. The van der Waals surface area contributed by atoms with E-state index in [0.29, 0.717) is 37.7 Å². The van der Waals surface area contributed by atoms with E-state index in [-0.39, 0.29) is 6.04 Å². The van der Waals surface area contributed by atoms with Gasteiger partial charge in [0.25, 0.3) is 0 Å². The molecule has 2 N–H and O–H groups in total. The van der Waals surface area contributed by atoms with Crippen LogP contribution in [0.4, 0.5) is 0 Å². The first-order chi connectivity index (χ1) is 8.02. The summed E-state index contributed by atoms with van der Waals surface area (Å²) in [6.07, 6.45) is 2.29. The van der Waals surface area contributed by atoms with Crippen molar-refractivity contribution in [2.45, 2.75) is 40.2 Å². The highest BCUT2D eigenvalue weighted by atomic mass is 16.5. The van der Waals surface area contributed by atoms with Crippen LogP contribution in [0.15, 0.2) is 11.6 Å². The van der Waals surface area contributed by atoms with Crippen LogP contribution in [-0.4, -0.2) is 36.9 Å². The number of carbonyl (C=O) groups is 1. The van der Waals surface area contributed by atoms with Gasteiger partial charge in [-0.15, -0.1) is 0 Å². The predicted molar refractivity (Wildman–Crippen MR) is 69.1 cm³/mol. The fourth-order valence-corrected chi connectivity index (χ4v) is 1.45. The van der Waals surface area contributed by atoms with E-state index in [0.717, 1.165) is 0 Å². The first-order valence-electron chi connectivity index (χ1n) is 6.26. The average Bonchev–Trinajstić information content (AvgIpc) is 2.27. The van der Waals surface area contributed by atoms with E-state index in [9.17, 15) is 4.79 Å². The van der Waals surface area contributed by atoms with E-state index in [2.05, 4.69) is 19.2 Å². The predicted octanol–water partition coefficient (Wildman–Crippen LogP) is 2.06. The molecule has 4 heteroatoms. The van der Waals surface area contributed by atoms with Gasteiger partial charge in [0, 0.05) is 24.8 Å². The molecule has 0 aliphatic carbocycles. The zero-order valence-corrected chi connectivity index (χ0v) is 11.3. The largest absolute Gasteiger partial charge is 0.478 e. The Kier molecular flexibility index (Phi) is 8.72. The normalized spacial score (nSPS) is 14.1. The lowest BCUT2D eigenvalue weighted by molar-refractivity contribution is -0.132. The first-order valence-corrected chi connectivity index (χ1v) is 6.26. The van der Waals surface area contributed by atoms with E-state index < -0.39 is 5.97 Å². The van der Waals surface area contributed by atoms with Gasteiger partial charge < -0.3 is 15.2 Å². The summed E-state index contributed by atoms with van der Waals surface area (Å²) in [7, 11) is 0. The summed E-state index contributed by atoms with van der Waals surface area (Å²) in [5, 5.41) is 12.2. The van der Waals surface area contributed by atoms with Gasteiger partial charge in [-0.1, -0.05) is 26.8 Å². The van der Waals surface area contributed by atoms with Gasteiger partial charge in [-0.2, -0.15) is 0 Å². The summed E-state index contributed by atoms with van der Waals surface area (Å²) in [5.41, 5.74) is 0.455. The third kappa shape index (κ3) is 7.13. The van der Waals surface area contributed by atoms with Crippen LogP contribution in [0.1, 0.15) is 34.1 Å². The molecular formula is C13H25NO3. The smallest absolute Gasteiger partial charge is 0.331 e. The van der Waals surface area contributed by atoms with Crippen molar-refractivity contribution in [2.24, 2.45) is 5.92 Å². The molecular weight excluding hydrogens is 218 g/mol. The fraction of sp³-hybridized carbons (Fsp3) is 0.769. The molecule has 0 aromatic rings. The van der Waals surface area contributed by atoms with E-state index >= 15 is 0 Å². The Morgan fingerprint density at radius 1 is 1.41 bits per heavy atom. The Balaban J connectivity index is 4.16. The molecule has 1 atom stereocenters. The summed E-state index contributed by atoms with van der Waals surface area (Å²) >= 11 is 0. The SMILES string of the molecule is CCOCC(NC/C=C(/CC)C(=O)O)C(C)C. The standard InChI is InChI=1S/C13H25NO3/c1-5-11(13(15)16)7-8-14-12(10(3)4)9-17-6-2/h7,10,12,14H,5-6,8-9H2,1-4H3,(H,15,16)/b11-7-. The van der Waals surface area contributed by atoms with Crippen molar-refractivity contribution in [1.29, 1.82) is 0 Å². The second-order valence-electron chi connectivity index (χ2n) is 4.31. The molecule has 0 fully saturated rings. The molecule has 0 amide bonds. The van der Waals surface area contributed by atoms with E-state index in [1.54, 1.807) is 6.08 Å². The Bertz CT molecular complexity index is 249. The van der Waals surface area contributed by atoms with Crippen LogP contribution in [0.3, 0.4) is 0 Å². The third-order valence-corrected chi connectivity index (χ3v) is 2.69. The molecule has 0 aliphatic heterocycles. The number of rotatable bonds is 9. The molecule has 4 nitrogen and oxygen atoms in total. The van der Waals surface area contributed by atoms with Gasteiger partial charge in [-0.05, 0) is 19.3 Å². The maximum atomic E-state index is 10.8. The van der Waals surface area contributed by atoms with Crippen LogP contribution in [0.5, 0.6) is 0 Å². The number of aliphatic carboxylic acids is 1. The van der Waals surface area contributed by atoms with E-state index in [1.165, 1.54) is 0 Å². The maximum absolute atomic E-state index is 10.8. The van der Waals surface area contributed by atoms with E-state index in [1.807, 2.05) is 13.8 Å². The Hall–Kier alpha value is -0.870. The lowest BCUT2D eigenvalue weighted by atomic mass is 10.1. The molecule has 0 radical (unpaired) electrons. The molecule has 0 spiro atoms. The van der Waals surface area contributed by atoms with Gasteiger partial charge >= 0.3 is 5.97 Å². The van der Waals surface area contributed by atoms with Crippen molar-refractivity contribution in [3.63, 3.8) is 0 Å². The van der Waals surface area contributed by atoms with Crippen molar-refractivity contribution in [1.82, 2.24) is 5.32 Å². The number of nitrogens with one attached hydrogen (secondary N) is 1. The van der Waals surface area contributed by atoms with Crippen LogP contribution in [-0.2, 0) is 9.53 Å². The molecule has 17 heavy (non-hydrogen) atoms. The number of carboxylic acids is 1. The molecule has 100 valence electrons. The highest BCUT2D eigenvalue weighted by molar-refractivity contribution is 5.86. The molecule has 0 aliphatic rings. The minimum absolute atomic E-state index is 0.262. The van der Waals surface area contributed by atoms with Gasteiger partial charge in [0.05, 0.1) is 6.61 Å². The fourth-order valence-electron chi connectivity index (χ4n) is 1.45. The summed E-state index contributed by atoms with van der Waals surface area (Å²) in [6, 6.07) is 0.262. The average molecular weight is 243 g/mol. The molecule has 0 aromatic heterocycles. The summed E-state index contributed by atoms with van der Waals surface area (Å²) in [6.45, 7) is 10.0. The second kappa shape index (κ2) is 9.19.